The Bertz CT molecular complexity index is 1660. The fourth-order valence-corrected chi connectivity index (χ4v) is 4.66. The zero-order valence-corrected chi connectivity index (χ0v) is 20.9. The number of nitrogens with one attached hydrogen (secondary N) is 1. The van der Waals surface area contributed by atoms with Crippen molar-refractivity contribution in [3.8, 4) is 22.6 Å². The number of rotatable bonds is 6. The van der Waals surface area contributed by atoms with E-state index in [4.69, 9.17) is 9.15 Å². The molecule has 0 radical (unpaired) electrons. The molecule has 0 bridgehead atoms. The first kappa shape index (κ1) is 24.3. The second-order valence-electron chi connectivity index (χ2n) is 9.16. The second kappa shape index (κ2) is 10.4. The minimum Gasteiger partial charge on any atom is -0.436 e. The Balaban J connectivity index is 1.25. The monoisotopic (exact) mass is 520 g/mol. The Hall–Kier alpha value is -5.02. The molecule has 0 spiro atoms. The molecule has 1 saturated heterocycles. The SMILES string of the molecule is O=C(Nc1ccc2oc(-c3ccc(-c4ccccc4)cc3)nc2c1)c1cc([N+](=O)[O-])ccc1N1CCOCC1. The van der Waals surface area contributed by atoms with Gasteiger partial charge in [0, 0.05) is 36.5 Å². The molecule has 0 saturated carbocycles. The molecule has 1 N–H and O–H groups in total. The molecule has 1 aliphatic heterocycles. The van der Waals surface area contributed by atoms with E-state index in [9.17, 15) is 14.9 Å². The van der Waals surface area contributed by atoms with E-state index < -0.39 is 10.8 Å². The lowest BCUT2D eigenvalue weighted by Gasteiger charge is -2.30. The van der Waals surface area contributed by atoms with Crippen LogP contribution in [0.3, 0.4) is 0 Å². The molecule has 1 amide bonds. The van der Waals surface area contributed by atoms with E-state index >= 15 is 0 Å². The second-order valence-corrected chi connectivity index (χ2v) is 9.16. The van der Waals surface area contributed by atoms with Gasteiger partial charge in [-0.15, -0.1) is 0 Å². The Kier molecular flexibility index (Phi) is 6.48. The van der Waals surface area contributed by atoms with E-state index in [1.54, 1.807) is 24.3 Å². The minimum absolute atomic E-state index is 0.146. The van der Waals surface area contributed by atoms with Crippen molar-refractivity contribution in [1.29, 1.82) is 0 Å². The number of oxazole rings is 1. The van der Waals surface area contributed by atoms with Gasteiger partial charge in [0.2, 0.25) is 5.89 Å². The van der Waals surface area contributed by atoms with Crippen LogP contribution in [-0.4, -0.2) is 42.1 Å². The van der Waals surface area contributed by atoms with Crippen molar-refractivity contribution in [2.24, 2.45) is 0 Å². The summed E-state index contributed by atoms with van der Waals surface area (Å²) in [5, 5.41) is 14.3. The van der Waals surface area contributed by atoms with Crippen LogP contribution >= 0.6 is 0 Å². The molecule has 2 heterocycles. The normalized spacial score (nSPS) is 13.4. The number of non-ortho nitro benzene ring substituents is 1. The fraction of sp³-hybridized carbons (Fsp3) is 0.133. The highest BCUT2D eigenvalue weighted by Crippen LogP contribution is 2.30. The van der Waals surface area contributed by atoms with Crippen LogP contribution in [0.1, 0.15) is 10.4 Å². The number of benzene rings is 4. The van der Waals surface area contributed by atoms with Crippen LogP contribution in [0, 0.1) is 10.1 Å². The summed E-state index contributed by atoms with van der Waals surface area (Å²) in [5.74, 6) is 0.0288. The molecular weight excluding hydrogens is 496 g/mol. The first-order valence-electron chi connectivity index (χ1n) is 12.5. The van der Waals surface area contributed by atoms with E-state index in [0.717, 1.165) is 16.7 Å². The third-order valence-corrected chi connectivity index (χ3v) is 6.67. The van der Waals surface area contributed by atoms with E-state index in [-0.39, 0.29) is 11.3 Å². The maximum absolute atomic E-state index is 13.3. The summed E-state index contributed by atoms with van der Waals surface area (Å²) in [6, 6.07) is 27.6. The quantitative estimate of drug-likeness (QED) is 0.211. The highest BCUT2D eigenvalue weighted by atomic mass is 16.6. The molecule has 1 aromatic heterocycles. The molecule has 9 heteroatoms. The number of hydrogen-bond donors (Lipinski definition) is 1. The van der Waals surface area contributed by atoms with Crippen LogP contribution < -0.4 is 10.2 Å². The average Bonchev–Trinajstić information content (AvgIpc) is 3.41. The van der Waals surface area contributed by atoms with E-state index in [1.807, 2.05) is 47.4 Å². The Morgan fingerprint density at radius 3 is 2.33 bits per heavy atom. The summed E-state index contributed by atoms with van der Waals surface area (Å²) in [5.41, 5.74) is 5.44. The molecule has 0 aliphatic carbocycles. The van der Waals surface area contributed by atoms with Crippen LogP contribution in [0.5, 0.6) is 0 Å². The molecule has 194 valence electrons. The molecule has 9 nitrogen and oxygen atoms in total. The van der Waals surface area contributed by atoms with Crippen molar-refractivity contribution >= 4 is 34.1 Å². The summed E-state index contributed by atoms with van der Waals surface area (Å²) in [4.78, 5) is 30.8. The molecule has 5 aromatic rings. The number of anilines is 2. The number of hydrogen-bond acceptors (Lipinski definition) is 7. The summed E-state index contributed by atoms with van der Waals surface area (Å²) in [7, 11) is 0. The molecule has 6 rings (SSSR count). The first-order valence-corrected chi connectivity index (χ1v) is 12.5. The molecule has 0 unspecified atom stereocenters. The molecule has 39 heavy (non-hydrogen) atoms. The summed E-state index contributed by atoms with van der Waals surface area (Å²) < 4.78 is 11.4. The van der Waals surface area contributed by atoms with Gasteiger partial charge in [0.1, 0.15) is 5.52 Å². The largest absolute Gasteiger partial charge is 0.436 e. The number of fused-ring (bicyclic) bond motifs is 1. The summed E-state index contributed by atoms with van der Waals surface area (Å²) in [6.45, 7) is 2.24. The smallest absolute Gasteiger partial charge is 0.270 e. The van der Waals surface area contributed by atoms with Gasteiger partial charge in [-0.3, -0.25) is 14.9 Å². The van der Waals surface area contributed by atoms with Gasteiger partial charge < -0.3 is 19.4 Å². The van der Waals surface area contributed by atoms with Crippen LogP contribution in [0.15, 0.2) is 95.4 Å². The average molecular weight is 521 g/mol. The standard InChI is InChI=1S/C30H24N4O5/c35-29(25-19-24(34(36)37)11-12-27(25)33-14-16-38-17-15-33)31-23-10-13-28-26(18-23)32-30(39-28)22-8-6-21(7-9-22)20-4-2-1-3-5-20/h1-13,18-19H,14-17H2,(H,31,35). The zero-order valence-electron chi connectivity index (χ0n) is 20.9. The summed E-state index contributed by atoms with van der Waals surface area (Å²) in [6.07, 6.45) is 0. The third kappa shape index (κ3) is 5.07. The number of carbonyl (C=O) groups is 1. The van der Waals surface area contributed by atoms with Crippen LogP contribution in [0.4, 0.5) is 17.1 Å². The van der Waals surface area contributed by atoms with E-state index in [0.29, 0.717) is 54.7 Å². The fourth-order valence-electron chi connectivity index (χ4n) is 4.66. The Labute approximate surface area is 223 Å². The number of carbonyl (C=O) groups excluding carboxylic acids is 1. The molecular formula is C30H24N4O5. The maximum atomic E-state index is 13.3. The van der Waals surface area contributed by atoms with Gasteiger partial charge in [-0.2, -0.15) is 0 Å². The topological polar surface area (TPSA) is 111 Å². The highest BCUT2D eigenvalue weighted by Gasteiger charge is 2.22. The number of nitrogens with zero attached hydrogens (tertiary/aromatic N) is 3. The van der Waals surface area contributed by atoms with Crippen molar-refractivity contribution in [3.63, 3.8) is 0 Å². The van der Waals surface area contributed by atoms with Gasteiger partial charge in [-0.25, -0.2) is 4.98 Å². The molecule has 0 atom stereocenters. The van der Waals surface area contributed by atoms with Crippen LogP contribution in [-0.2, 0) is 4.74 Å². The predicted molar refractivity (Wildman–Crippen MR) is 149 cm³/mol. The number of nitro benzene ring substituents is 1. The number of ether oxygens (including phenoxy) is 1. The van der Waals surface area contributed by atoms with E-state index in [1.165, 1.54) is 12.1 Å². The first-order chi connectivity index (χ1) is 19.0. The van der Waals surface area contributed by atoms with Gasteiger partial charge in [0.05, 0.1) is 29.4 Å². The van der Waals surface area contributed by atoms with E-state index in [2.05, 4.69) is 22.4 Å². The van der Waals surface area contributed by atoms with Crippen molar-refractivity contribution in [1.82, 2.24) is 4.98 Å². The van der Waals surface area contributed by atoms with Crippen LogP contribution in [0.2, 0.25) is 0 Å². The molecule has 4 aromatic carbocycles. The van der Waals surface area contributed by atoms with Gasteiger partial charge in [0.25, 0.3) is 11.6 Å². The van der Waals surface area contributed by atoms with Crippen molar-refractivity contribution in [2.45, 2.75) is 0 Å². The van der Waals surface area contributed by atoms with Gasteiger partial charge >= 0.3 is 0 Å². The minimum atomic E-state index is -0.505. The number of nitro groups is 1. The lowest BCUT2D eigenvalue weighted by atomic mass is 10.0. The summed E-state index contributed by atoms with van der Waals surface area (Å²) >= 11 is 0. The predicted octanol–water partition coefficient (Wildman–Crippen LogP) is 6.16. The van der Waals surface area contributed by atoms with Gasteiger partial charge in [0.15, 0.2) is 5.58 Å². The van der Waals surface area contributed by atoms with Crippen molar-refractivity contribution in [2.75, 3.05) is 36.5 Å². The number of morpholine rings is 1. The lowest BCUT2D eigenvalue weighted by molar-refractivity contribution is -0.384. The number of aromatic nitrogens is 1. The Morgan fingerprint density at radius 2 is 1.59 bits per heavy atom. The van der Waals surface area contributed by atoms with Crippen molar-refractivity contribution < 1.29 is 18.9 Å². The van der Waals surface area contributed by atoms with Gasteiger partial charge in [-0.1, -0.05) is 42.5 Å². The Morgan fingerprint density at radius 1 is 0.872 bits per heavy atom. The maximum Gasteiger partial charge on any atom is 0.270 e. The number of amides is 1. The molecule has 1 aliphatic rings. The third-order valence-electron chi connectivity index (χ3n) is 6.67. The van der Waals surface area contributed by atoms with Crippen LogP contribution in [0.25, 0.3) is 33.7 Å². The zero-order chi connectivity index (χ0) is 26.8. The highest BCUT2D eigenvalue weighted by molar-refractivity contribution is 6.09. The molecule has 1 fully saturated rings. The van der Waals surface area contributed by atoms with Crippen molar-refractivity contribution in [3.05, 3.63) is 107 Å². The lowest BCUT2D eigenvalue weighted by Crippen LogP contribution is -2.37. The van der Waals surface area contributed by atoms with Gasteiger partial charge in [-0.05, 0) is 47.5 Å².